The molecule has 0 spiro atoms. The maximum absolute atomic E-state index is 10.2. The van der Waals surface area contributed by atoms with Gasteiger partial charge in [0.15, 0.2) is 0 Å². The summed E-state index contributed by atoms with van der Waals surface area (Å²) < 4.78 is 0. The van der Waals surface area contributed by atoms with E-state index < -0.39 is 0 Å². The molecule has 0 radical (unpaired) electrons. The minimum atomic E-state index is -0.0676. The lowest BCUT2D eigenvalue weighted by molar-refractivity contribution is 0.0308. The van der Waals surface area contributed by atoms with Crippen LogP contribution in [0.15, 0.2) is 23.3 Å². The van der Waals surface area contributed by atoms with E-state index in [0.29, 0.717) is 16.7 Å². The molecular formula is C29H48O. The summed E-state index contributed by atoms with van der Waals surface area (Å²) in [6.45, 7) is 14.9. The monoisotopic (exact) mass is 412 g/mol. The maximum Gasteiger partial charge on any atom is 0.0543 e. The molecule has 4 aliphatic rings. The lowest BCUT2D eigenvalue weighted by Gasteiger charge is -2.53. The number of hydrogen-bond acceptors (Lipinski definition) is 1. The van der Waals surface area contributed by atoms with E-state index in [9.17, 15) is 5.11 Å². The van der Waals surface area contributed by atoms with Crippen molar-refractivity contribution in [3.05, 3.63) is 23.3 Å². The SMILES string of the molecule is CCC(CCC(C)C1CCC2C3=CCC4CC(O)CCC4(C)C3=CCC21C)C(C)C. The molecule has 0 aromatic rings. The fraction of sp³-hybridized carbons (Fsp3) is 0.862. The zero-order valence-electron chi connectivity index (χ0n) is 20.7. The first-order valence-corrected chi connectivity index (χ1v) is 13.3. The highest BCUT2D eigenvalue weighted by molar-refractivity contribution is 5.46. The Balaban J connectivity index is 1.52. The molecule has 2 fully saturated rings. The quantitative estimate of drug-likeness (QED) is 0.469. The summed E-state index contributed by atoms with van der Waals surface area (Å²) in [6.07, 6.45) is 17.9. The maximum atomic E-state index is 10.2. The van der Waals surface area contributed by atoms with E-state index in [1.54, 1.807) is 11.1 Å². The molecule has 0 heterocycles. The summed E-state index contributed by atoms with van der Waals surface area (Å²) in [7, 11) is 0. The van der Waals surface area contributed by atoms with Gasteiger partial charge in [-0.3, -0.25) is 0 Å². The molecule has 4 aliphatic carbocycles. The van der Waals surface area contributed by atoms with Gasteiger partial charge in [0, 0.05) is 0 Å². The second-order valence-corrected chi connectivity index (χ2v) is 12.5. The van der Waals surface area contributed by atoms with Crippen molar-refractivity contribution in [1.29, 1.82) is 0 Å². The Hall–Kier alpha value is -0.560. The minimum absolute atomic E-state index is 0.0676. The molecule has 1 N–H and O–H groups in total. The predicted octanol–water partition coefficient (Wildman–Crippen LogP) is 7.94. The number of rotatable bonds is 6. The van der Waals surface area contributed by atoms with Gasteiger partial charge in [-0.25, -0.2) is 0 Å². The molecule has 4 rings (SSSR count). The smallest absolute Gasteiger partial charge is 0.0543 e. The lowest BCUT2D eigenvalue weighted by atomic mass is 9.51. The number of hydrogen-bond donors (Lipinski definition) is 1. The molecule has 8 atom stereocenters. The van der Waals surface area contributed by atoms with Crippen molar-refractivity contribution in [3.8, 4) is 0 Å². The van der Waals surface area contributed by atoms with Crippen molar-refractivity contribution in [2.45, 2.75) is 112 Å². The van der Waals surface area contributed by atoms with Crippen molar-refractivity contribution in [2.75, 3.05) is 0 Å². The van der Waals surface area contributed by atoms with Crippen LogP contribution in [0.2, 0.25) is 0 Å². The van der Waals surface area contributed by atoms with Gasteiger partial charge in [-0.05, 0) is 109 Å². The molecular weight excluding hydrogens is 364 g/mol. The summed E-state index contributed by atoms with van der Waals surface area (Å²) in [6, 6.07) is 0. The van der Waals surface area contributed by atoms with Crippen LogP contribution in [0.4, 0.5) is 0 Å². The summed E-state index contributed by atoms with van der Waals surface area (Å²) in [5.74, 6) is 4.88. The molecule has 8 unspecified atom stereocenters. The Kier molecular flexibility index (Phi) is 6.35. The van der Waals surface area contributed by atoms with Gasteiger partial charge in [-0.2, -0.15) is 0 Å². The Morgan fingerprint density at radius 3 is 2.53 bits per heavy atom. The van der Waals surface area contributed by atoms with Gasteiger partial charge in [0.2, 0.25) is 0 Å². The number of aliphatic hydroxyl groups excluding tert-OH is 1. The van der Waals surface area contributed by atoms with Crippen molar-refractivity contribution in [3.63, 3.8) is 0 Å². The van der Waals surface area contributed by atoms with Gasteiger partial charge in [0.25, 0.3) is 0 Å². The lowest BCUT2D eigenvalue weighted by Crippen LogP contribution is -2.44. The average molecular weight is 413 g/mol. The zero-order chi connectivity index (χ0) is 21.7. The fourth-order valence-corrected chi connectivity index (χ4v) is 8.49. The van der Waals surface area contributed by atoms with Gasteiger partial charge in [-0.15, -0.1) is 0 Å². The summed E-state index contributed by atoms with van der Waals surface area (Å²) in [4.78, 5) is 0. The van der Waals surface area contributed by atoms with Gasteiger partial charge >= 0.3 is 0 Å². The van der Waals surface area contributed by atoms with Crippen LogP contribution >= 0.6 is 0 Å². The summed E-state index contributed by atoms with van der Waals surface area (Å²) in [5, 5.41) is 10.2. The third-order valence-electron chi connectivity index (χ3n) is 10.7. The van der Waals surface area contributed by atoms with Gasteiger partial charge < -0.3 is 5.11 Å². The number of allylic oxidation sites excluding steroid dienone is 4. The first-order chi connectivity index (χ1) is 14.2. The van der Waals surface area contributed by atoms with Crippen LogP contribution in [0, 0.1) is 46.3 Å². The zero-order valence-corrected chi connectivity index (χ0v) is 20.7. The molecule has 0 amide bonds. The highest BCUT2D eigenvalue weighted by Crippen LogP contribution is 2.65. The van der Waals surface area contributed by atoms with E-state index in [2.05, 4.69) is 53.7 Å². The predicted molar refractivity (Wildman–Crippen MR) is 128 cm³/mol. The molecule has 0 aliphatic heterocycles. The second kappa shape index (κ2) is 8.42. The van der Waals surface area contributed by atoms with Crippen LogP contribution in [-0.2, 0) is 0 Å². The number of fused-ring (bicyclic) bond motifs is 5. The largest absolute Gasteiger partial charge is 0.393 e. The Labute approximate surface area is 186 Å². The van der Waals surface area contributed by atoms with Crippen LogP contribution < -0.4 is 0 Å². The van der Waals surface area contributed by atoms with Crippen molar-refractivity contribution in [1.82, 2.24) is 0 Å². The Morgan fingerprint density at radius 1 is 1.07 bits per heavy atom. The van der Waals surface area contributed by atoms with Gasteiger partial charge in [-0.1, -0.05) is 66.5 Å². The molecule has 1 heteroatoms. The highest BCUT2D eigenvalue weighted by atomic mass is 16.3. The van der Waals surface area contributed by atoms with Crippen molar-refractivity contribution < 1.29 is 5.11 Å². The van der Waals surface area contributed by atoms with Crippen LogP contribution in [0.1, 0.15) is 106 Å². The molecule has 1 nitrogen and oxygen atoms in total. The first-order valence-electron chi connectivity index (χ1n) is 13.3. The van der Waals surface area contributed by atoms with E-state index in [1.165, 1.54) is 51.4 Å². The fourth-order valence-electron chi connectivity index (χ4n) is 8.49. The molecule has 170 valence electrons. The molecule has 0 aromatic heterocycles. The minimum Gasteiger partial charge on any atom is -0.393 e. The second-order valence-electron chi connectivity index (χ2n) is 12.5. The van der Waals surface area contributed by atoms with E-state index in [4.69, 9.17) is 0 Å². The highest BCUT2D eigenvalue weighted by Gasteiger charge is 2.55. The third kappa shape index (κ3) is 3.66. The van der Waals surface area contributed by atoms with Crippen LogP contribution in [0.3, 0.4) is 0 Å². The number of aliphatic hydroxyl groups is 1. The van der Waals surface area contributed by atoms with E-state index in [-0.39, 0.29) is 6.10 Å². The molecule has 0 saturated heterocycles. The normalized spacial score (nSPS) is 42.7. The standard InChI is InChI=1S/C29H48O/c1-7-21(19(2)3)9-8-20(4)25-12-13-26-24-11-10-22-18-23(30)14-16-28(22,5)27(24)15-17-29(25,26)6/h11,15,19-23,25-26,30H,7-10,12-14,16-18H2,1-6H3. The van der Waals surface area contributed by atoms with E-state index in [0.717, 1.165) is 42.4 Å². The van der Waals surface area contributed by atoms with Crippen molar-refractivity contribution in [2.24, 2.45) is 46.3 Å². The van der Waals surface area contributed by atoms with Gasteiger partial charge in [0.05, 0.1) is 6.10 Å². The topological polar surface area (TPSA) is 20.2 Å². The molecule has 0 bridgehead atoms. The molecule has 2 saturated carbocycles. The Morgan fingerprint density at radius 2 is 1.83 bits per heavy atom. The van der Waals surface area contributed by atoms with Crippen molar-refractivity contribution >= 4 is 0 Å². The van der Waals surface area contributed by atoms with Crippen LogP contribution in [0.5, 0.6) is 0 Å². The molecule has 30 heavy (non-hydrogen) atoms. The van der Waals surface area contributed by atoms with Crippen LogP contribution in [0.25, 0.3) is 0 Å². The van der Waals surface area contributed by atoms with E-state index >= 15 is 0 Å². The summed E-state index contributed by atoms with van der Waals surface area (Å²) in [5.41, 5.74) is 4.22. The van der Waals surface area contributed by atoms with Crippen LogP contribution in [-0.4, -0.2) is 11.2 Å². The average Bonchev–Trinajstić information content (AvgIpc) is 3.06. The first kappa shape index (κ1) is 22.6. The third-order valence-corrected chi connectivity index (χ3v) is 10.7. The Bertz CT molecular complexity index is 686. The van der Waals surface area contributed by atoms with E-state index in [1.807, 2.05) is 0 Å². The van der Waals surface area contributed by atoms with Gasteiger partial charge in [0.1, 0.15) is 0 Å². The summed E-state index contributed by atoms with van der Waals surface area (Å²) >= 11 is 0. The molecule has 0 aromatic carbocycles.